The van der Waals surface area contributed by atoms with Gasteiger partial charge in [0.25, 0.3) is 5.91 Å². The van der Waals surface area contributed by atoms with Gasteiger partial charge in [-0.1, -0.05) is 130 Å². The van der Waals surface area contributed by atoms with Crippen molar-refractivity contribution >= 4 is 47.6 Å². The molecule has 18 heteroatoms. The van der Waals surface area contributed by atoms with E-state index in [2.05, 4.69) is 35.1 Å². The summed E-state index contributed by atoms with van der Waals surface area (Å²) in [5.74, 6) is -6.13. The molecule has 1 heterocycles. The first-order valence-electron chi connectivity index (χ1n) is 25.7. The Hall–Kier alpha value is -5.05. The third-order valence-electron chi connectivity index (χ3n) is 12.3. The maximum absolute atomic E-state index is 14.2. The Bertz CT molecular complexity index is 1930. The normalized spacial score (nSPS) is 24.8. The number of likely N-dealkylation sites (N-methyl/N-ethyl adjacent to an activating group) is 2. The molecule has 9 unspecified atom stereocenters. The number of allylic oxidation sites excluding steroid dienone is 1. The van der Waals surface area contributed by atoms with Gasteiger partial charge in [0.15, 0.2) is 6.10 Å². The number of carbonyl (C=O) groups excluding carboxylic acids is 8. The molecule has 0 bridgehead atoms. The van der Waals surface area contributed by atoms with Gasteiger partial charge in [0.05, 0.1) is 6.54 Å². The van der Waals surface area contributed by atoms with E-state index in [1.165, 1.54) is 78.6 Å². The Kier molecular flexibility index (Phi) is 36.1. The van der Waals surface area contributed by atoms with Gasteiger partial charge in [-0.3, -0.25) is 28.8 Å². The predicted molar refractivity (Wildman–Crippen MR) is 282 cm³/mol. The number of hydrogen-bond donors (Lipinski definition) is 3. The minimum absolute atomic E-state index is 0. The second kappa shape index (κ2) is 37.6. The molecule has 0 radical (unpaired) electrons. The van der Waals surface area contributed by atoms with Gasteiger partial charge in [-0.2, -0.15) is 6.42 Å². The van der Waals surface area contributed by atoms with Crippen LogP contribution in [0.4, 0.5) is 4.79 Å². The zero-order valence-electron chi connectivity index (χ0n) is 46.8. The average molecular weight is 1200 g/mol. The Morgan fingerprint density at radius 1 is 0.890 bits per heavy atom. The molecule has 1 aromatic carbocycles. The molecule has 6 amide bonds. The van der Waals surface area contributed by atoms with Gasteiger partial charge >= 0.3 is 33.0 Å². The standard InChI is InChI=1S/C46H70N6O11.C7H15.C2H6.W/c1-14-27(5)38-41(55)49-32(10)45(59)63-39(28(6)15-2)30(8)35(62-46(60)47-11)22-21-29(7)44(58)61-36(23-26(3)4)40(54)48-31(9)42(56)52(13)34(24-33-19-17-16-18-20-33)43(57)51(12)25-37(53)50-38;1-3-5-7-6-4-2;1-2;/h15-21,26-27,30-32,34-36,38-39H,14,22-25H2,1-13H3,(H4,47,48,49,50,53,54,55,60);1,3-7H2,2H3;1-2H3;/q;-1;;+2/p-1/b28-15+,29-21+;;;. The summed E-state index contributed by atoms with van der Waals surface area (Å²) in [7, 11) is 4.09. The minimum atomic E-state index is -1.30. The van der Waals surface area contributed by atoms with Crippen molar-refractivity contribution in [2.24, 2.45) is 17.8 Å². The van der Waals surface area contributed by atoms with Crippen molar-refractivity contribution < 1.29 is 73.6 Å². The van der Waals surface area contributed by atoms with Gasteiger partial charge < -0.3 is 52.2 Å². The van der Waals surface area contributed by atoms with Crippen LogP contribution in [0.3, 0.4) is 0 Å². The number of benzene rings is 1. The number of hydrogen-bond acceptors (Lipinski definition) is 11. The summed E-state index contributed by atoms with van der Waals surface area (Å²) in [5.41, 5.74) is 1.42. The van der Waals surface area contributed by atoms with Crippen molar-refractivity contribution in [2.75, 3.05) is 27.7 Å². The summed E-state index contributed by atoms with van der Waals surface area (Å²) in [6.07, 6.45) is 6.18. The van der Waals surface area contributed by atoms with E-state index in [0.29, 0.717) is 12.0 Å². The van der Waals surface area contributed by atoms with E-state index >= 15 is 0 Å². The molecule has 3 N–H and O–H groups in total. The Labute approximate surface area is 452 Å². The molecule has 412 valence electrons. The van der Waals surface area contributed by atoms with Gasteiger partial charge in [0.1, 0.15) is 36.4 Å². The molecular formula is C55H90N6O11W. The molecule has 1 aliphatic heterocycles. The smallest absolute Gasteiger partial charge is 0.620 e. The average Bonchev–Trinajstić information content (AvgIpc) is 3.36. The van der Waals surface area contributed by atoms with Crippen LogP contribution in [0.1, 0.15) is 147 Å². The molecule has 1 aromatic rings. The maximum atomic E-state index is 14.2. The maximum Gasteiger partial charge on any atom is 2.00 e. The summed E-state index contributed by atoms with van der Waals surface area (Å²) >= 11 is 0. The van der Waals surface area contributed by atoms with Crippen LogP contribution in [-0.2, 0) is 75.3 Å². The second-order valence-corrected chi connectivity index (χ2v) is 18.7. The summed E-state index contributed by atoms with van der Waals surface area (Å²) in [4.78, 5) is 111. The van der Waals surface area contributed by atoms with Gasteiger partial charge in [-0.15, -0.1) is 7.05 Å². The van der Waals surface area contributed by atoms with Crippen LogP contribution in [0, 0.1) is 24.7 Å². The van der Waals surface area contributed by atoms with Crippen LogP contribution < -0.4 is 16.0 Å². The van der Waals surface area contributed by atoms with Crippen molar-refractivity contribution in [3.05, 3.63) is 71.4 Å². The summed E-state index contributed by atoms with van der Waals surface area (Å²) < 4.78 is 17.4. The number of nitrogens with one attached hydrogen (secondary N) is 3. The largest absolute Gasteiger partial charge is 2.00 e. The van der Waals surface area contributed by atoms with Crippen LogP contribution in [0.15, 0.2) is 53.6 Å². The third kappa shape index (κ3) is 25.2. The molecule has 0 aromatic heterocycles. The summed E-state index contributed by atoms with van der Waals surface area (Å²) in [5, 5.41) is 11.6. The number of carbonyl (C=O) groups is 8. The Morgan fingerprint density at radius 2 is 1.49 bits per heavy atom. The number of amides is 6. The molecule has 1 aliphatic rings. The van der Waals surface area contributed by atoms with E-state index in [1.54, 1.807) is 58.0 Å². The van der Waals surface area contributed by atoms with E-state index < -0.39 is 108 Å². The SMILES string of the molecule is C/C=C(\C)C1OC(=O)C(C)NC(=O)C(C(C)CC)NC(=O)CN(C)C(=O)C(Cc2ccccc2)N(C)C(=O)C(C)NC(=O)C(CC(C)C)OC(=O)/C(C)=C/CC(OC(=O)[N-]C)C1C.CC.[CH2-]CCCCCC.[W+2]. The first-order valence-corrected chi connectivity index (χ1v) is 25.7. The second-order valence-electron chi connectivity index (χ2n) is 18.7. The fraction of sp³-hybridized carbons (Fsp3) is 0.655. The van der Waals surface area contributed by atoms with Gasteiger partial charge in [0, 0.05) is 38.4 Å². The summed E-state index contributed by atoms with van der Waals surface area (Å²) in [6, 6.07) is 4.37. The van der Waals surface area contributed by atoms with Crippen LogP contribution in [0.5, 0.6) is 0 Å². The van der Waals surface area contributed by atoms with E-state index in [-0.39, 0.29) is 51.8 Å². The number of esters is 2. The predicted octanol–water partition coefficient (Wildman–Crippen LogP) is 8.20. The third-order valence-corrected chi connectivity index (χ3v) is 12.3. The molecule has 2 rings (SSSR count). The molecule has 0 spiro atoms. The van der Waals surface area contributed by atoms with Crippen molar-refractivity contribution in [3.63, 3.8) is 0 Å². The molecule has 0 saturated carbocycles. The summed E-state index contributed by atoms with van der Waals surface area (Å²) in [6.45, 7) is 26.3. The number of cyclic esters (lactones) is 2. The van der Waals surface area contributed by atoms with Crippen molar-refractivity contribution in [1.29, 1.82) is 0 Å². The fourth-order valence-electron chi connectivity index (χ4n) is 7.48. The van der Waals surface area contributed by atoms with Crippen molar-refractivity contribution in [1.82, 2.24) is 25.8 Å². The van der Waals surface area contributed by atoms with Crippen molar-refractivity contribution in [2.45, 2.75) is 190 Å². The minimum Gasteiger partial charge on any atom is -0.620 e. The van der Waals surface area contributed by atoms with Crippen molar-refractivity contribution in [3.8, 4) is 0 Å². The number of nitrogens with zero attached hydrogens (tertiary/aromatic N) is 3. The Balaban J connectivity index is 0. The van der Waals surface area contributed by atoms with E-state index in [0.717, 1.165) is 16.9 Å². The van der Waals surface area contributed by atoms with Gasteiger partial charge in [0.2, 0.25) is 29.7 Å². The zero-order valence-corrected chi connectivity index (χ0v) is 49.8. The fourth-order valence-corrected chi connectivity index (χ4v) is 7.48. The first-order chi connectivity index (χ1) is 34.0. The van der Waals surface area contributed by atoms with E-state index in [9.17, 15) is 38.4 Å². The number of rotatable bonds is 12. The molecular weight excluding hydrogens is 1100 g/mol. The monoisotopic (exact) mass is 1190 g/mol. The van der Waals surface area contributed by atoms with E-state index in [1.807, 2.05) is 40.7 Å². The molecule has 0 fully saturated rings. The van der Waals surface area contributed by atoms with Crippen LogP contribution in [0.25, 0.3) is 5.32 Å². The first kappa shape index (κ1) is 70.0. The molecule has 0 aliphatic carbocycles. The van der Waals surface area contributed by atoms with Crippen LogP contribution in [-0.4, -0.2) is 128 Å². The molecule has 9 atom stereocenters. The molecule has 0 saturated heterocycles. The van der Waals surface area contributed by atoms with Gasteiger partial charge in [-0.25, -0.2) is 9.59 Å². The number of ether oxygens (including phenoxy) is 3. The topological polar surface area (TPSA) is 221 Å². The van der Waals surface area contributed by atoms with Crippen LogP contribution >= 0.6 is 0 Å². The number of unbranched alkanes of at least 4 members (excludes halogenated alkanes) is 4. The van der Waals surface area contributed by atoms with E-state index in [4.69, 9.17) is 14.2 Å². The quantitative estimate of drug-likeness (QED) is 0.0595. The molecule has 73 heavy (non-hydrogen) atoms. The molecule has 17 nitrogen and oxygen atoms in total. The van der Waals surface area contributed by atoms with Crippen LogP contribution in [0.2, 0.25) is 0 Å². The zero-order chi connectivity index (χ0) is 55.2. The Morgan fingerprint density at radius 3 is 2.03 bits per heavy atom. The van der Waals surface area contributed by atoms with Gasteiger partial charge in [-0.05, 0) is 64.0 Å².